The van der Waals surface area contributed by atoms with E-state index in [2.05, 4.69) is 33.4 Å². The lowest BCUT2D eigenvalue weighted by Crippen LogP contribution is -2.36. The molecule has 1 amide bonds. The predicted molar refractivity (Wildman–Crippen MR) is 125 cm³/mol. The van der Waals surface area contributed by atoms with Crippen molar-refractivity contribution in [3.63, 3.8) is 0 Å². The van der Waals surface area contributed by atoms with Gasteiger partial charge in [-0.05, 0) is 48.7 Å². The molecule has 0 unspecified atom stereocenters. The Balaban J connectivity index is 1.18. The molecule has 2 aromatic carbocycles. The van der Waals surface area contributed by atoms with Gasteiger partial charge in [0.2, 0.25) is 12.7 Å². The molecule has 2 aliphatic heterocycles. The molecule has 0 saturated carbocycles. The number of thiazole rings is 1. The molecule has 5 rings (SSSR count). The number of rotatable bonds is 4. The topological polar surface area (TPSA) is 51.7 Å². The average Bonchev–Trinajstić information content (AvgIpc) is 3.47. The lowest BCUT2D eigenvalue weighted by atomic mass is 9.97. The number of amides is 1. The van der Waals surface area contributed by atoms with E-state index in [-0.39, 0.29) is 12.7 Å². The van der Waals surface area contributed by atoms with E-state index in [4.69, 9.17) is 14.5 Å². The van der Waals surface area contributed by atoms with Crippen LogP contribution in [0.5, 0.6) is 11.5 Å². The summed E-state index contributed by atoms with van der Waals surface area (Å²) in [5, 5.41) is 3.29. The maximum absolute atomic E-state index is 12.6. The summed E-state index contributed by atoms with van der Waals surface area (Å²) in [6, 6.07) is 13.9. The lowest BCUT2D eigenvalue weighted by Gasteiger charge is -2.30. The van der Waals surface area contributed by atoms with Gasteiger partial charge in [0, 0.05) is 40.5 Å². The molecule has 2 aliphatic rings. The molecule has 0 spiro atoms. The van der Waals surface area contributed by atoms with Crippen molar-refractivity contribution in [2.24, 2.45) is 0 Å². The van der Waals surface area contributed by atoms with Crippen molar-refractivity contribution in [3.05, 3.63) is 69.0 Å². The van der Waals surface area contributed by atoms with Gasteiger partial charge in [0.25, 0.3) is 0 Å². The second-order valence-electron chi connectivity index (χ2n) is 7.63. The zero-order valence-corrected chi connectivity index (χ0v) is 19.2. The number of fused-ring (bicyclic) bond motifs is 1. The molecule has 3 aromatic rings. The molecule has 1 aromatic heterocycles. The number of ether oxygens (including phenoxy) is 2. The maximum atomic E-state index is 12.6. The molecule has 7 heteroatoms. The number of halogens is 1. The van der Waals surface area contributed by atoms with Gasteiger partial charge in [-0.15, -0.1) is 11.3 Å². The number of aromatic nitrogens is 1. The first kappa shape index (κ1) is 20.3. The molecule has 3 heterocycles. The fourth-order valence-electron chi connectivity index (χ4n) is 3.89. The van der Waals surface area contributed by atoms with Gasteiger partial charge in [-0.2, -0.15) is 0 Å². The largest absolute Gasteiger partial charge is 0.454 e. The van der Waals surface area contributed by atoms with Crippen LogP contribution < -0.4 is 9.47 Å². The van der Waals surface area contributed by atoms with Gasteiger partial charge in [0.05, 0.1) is 10.7 Å². The standard InChI is InChI=1S/C24H21BrN2O3S/c25-19-3-1-2-18(13-19)20-14-31-24(26-20)17-8-10-27(11-9-17)23(28)7-5-16-4-6-21-22(12-16)30-15-29-21/h1-7,12-14,17H,8-11,15H2/b7-5+. The van der Waals surface area contributed by atoms with Crippen LogP contribution in [0, 0.1) is 0 Å². The number of piperidine rings is 1. The molecule has 0 atom stereocenters. The molecule has 31 heavy (non-hydrogen) atoms. The van der Waals surface area contributed by atoms with E-state index in [9.17, 15) is 4.79 Å². The highest BCUT2D eigenvalue weighted by atomic mass is 79.9. The average molecular weight is 497 g/mol. The van der Waals surface area contributed by atoms with Crippen LogP contribution in [0.2, 0.25) is 0 Å². The summed E-state index contributed by atoms with van der Waals surface area (Å²) in [4.78, 5) is 19.4. The summed E-state index contributed by atoms with van der Waals surface area (Å²) >= 11 is 5.24. The van der Waals surface area contributed by atoms with E-state index in [1.54, 1.807) is 17.4 Å². The fraction of sp³-hybridized carbons (Fsp3) is 0.250. The van der Waals surface area contributed by atoms with Crippen molar-refractivity contribution < 1.29 is 14.3 Å². The van der Waals surface area contributed by atoms with E-state index in [1.165, 1.54) is 0 Å². The third kappa shape index (κ3) is 4.52. The van der Waals surface area contributed by atoms with E-state index >= 15 is 0 Å². The summed E-state index contributed by atoms with van der Waals surface area (Å²) in [7, 11) is 0. The number of likely N-dealkylation sites (tertiary alicyclic amines) is 1. The predicted octanol–water partition coefficient (Wildman–Crippen LogP) is 5.72. The minimum absolute atomic E-state index is 0.0464. The van der Waals surface area contributed by atoms with E-state index in [0.29, 0.717) is 5.92 Å². The molecule has 0 bridgehead atoms. The second-order valence-corrected chi connectivity index (χ2v) is 9.43. The first-order chi connectivity index (χ1) is 15.2. The van der Waals surface area contributed by atoms with Gasteiger partial charge in [0.1, 0.15) is 0 Å². The zero-order chi connectivity index (χ0) is 21.2. The van der Waals surface area contributed by atoms with Gasteiger partial charge in [-0.3, -0.25) is 4.79 Å². The highest BCUT2D eigenvalue weighted by molar-refractivity contribution is 9.10. The fourth-order valence-corrected chi connectivity index (χ4v) is 5.29. The van der Waals surface area contributed by atoms with Crippen LogP contribution in [0.1, 0.15) is 29.3 Å². The number of hydrogen-bond acceptors (Lipinski definition) is 5. The molecule has 0 aliphatic carbocycles. The summed E-state index contributed by atoms with van der Waals surface area (Å²) in [5.74, 6) is 1.93. The molecule has 5 nitrogen and oxygen atoms in total. The number of benzene rings is 2. The van der Waals surface area contributed by atoms with Crippen LogP contribution >= 0.6 is 27.3 Å². The van der Waals surface area contributed by atoms with E-state index < -0.39 is 0 Å². The maximum Gasteiger partial charge on any atom is 0.246 e. The number of carbonyl (C=O) groups excluding carboxylic acids is 1. The van der Waals surface area contributed by atoms with Crippen LogP contribution in [-0.4, -0.2) is 35.7 Å². The van der Waals surface area contributed by atoms with Crippen molar-refractivity contribution >= 4 is 39.2 Å². The Morgan fingerprint density at radius 3 is 2.81 bits per heavy atom. The summed E-state index contributed by atoms with van der Waals surface area (Å²) in [6.07, 6.45) is 5.36. The SMILES string of the molecule is O=C(/C=C/c1ccc2c(c1)OCO2)N1CCC(c2nc(-c3cccc(Br)c3)cs2)CC1. The number of nitrogens with zero attached hydrogens (tertiary/aromatic N) is 2. The molecular formula is C24H21BrN2O3S. The molecule has 158 valence electrons. The minimum Gasteiger partial charge on any atom is -0.454 e. The summed E-state index contributed by atoms with van der Waals surface area (Å²) in [6.45, 7) is 1.75. The van der Waals surface area contributed by atoms with Crippen LogP contribution in [0.4, 0.5) is 0 Å². The Morgan fingerprint density at radius 2 is 1.97 bits per heavy atom. The van der Waals surface area contributed by atoms with Gasteiger partial charge in [-0.25, -0.2) is 4.98 Å². The van der Waals surface area contributed by atoms with Crippen molar-refractivity contribution in [1.82, 2.24) is 9.88 Å². The summed E-state index contributed by atoms with van der Waals surface area (Å²) < 4.78 is 11.8. The highest BCUT2D eigenvalue weighted by Gasteiger charge is 2.25. The Bertz CT molecular complexity index is 1140. The molecule has 0 radical (unpaired) electrons. The lowest BCUT2D eigenvalue weighted by molar-refractivity contribution is -0.126. The van der Waals surface area contributed by atoms with Crippen molar-refractivity contribution in [2.45, 2.75) is 18.8 Å². The Hall–Kier alpha value is -2.64. The first-order valence-corrected chi connectivity index (χ1v) is 11.9. The normalized spacial score (nSPS) is 16.2. The van der Waals surface area contributed by atoms with Crippen LogP contribution in [0.25, 0.3) is 17.3 Å². The Labute approximate surface area is 193 Å². The Morgan fingerprint density at radius 1 is 1.13 bits per heavy atom. The molecular weight excluding hydrogens is 476 g/mol. The van der Waals surface area contributed by atoms with Gasteiger partial charge in [-0.1, -0.05) is 34.1 Å². The number of hydrogen-bond donors (Lipinski definition) is 0. The quantitative estimate of drug-likeness (QED) is 0.433. The van der Waals surface area contributed by atoms with Gasteiger partial charge in [0.15, 0.2) is 11.5 Å². The minimum atomic E-state index is 0.0464. The van der Waals surface area contributed by atoms with Crippen LogP contribution in [0.15, 0.2) is 58.4 Å². The molecule has 1 saturated heterocycles. The smallest absolute Gasteiger partial charge is 0.246 e. The molecule has 0 N–H and O–H groups in total. The highest BCUT2D eigenvalue weighted by Crippen LogP contribution is 2.34. The van der Waals surface area contributed by atoms with Crippen molar-refractivity contribution in [2.75, 3.05) is 19.9 Å². The van der Waals surface area contributed by atoms with Gasteiger partial charge >= 0.3 is 0 Å². The zero-order valence-electron chi connectivity index (χ0n) is 16.8. The third-order valence-corrected chi connectivity index (χ3v) is 7.11. The van der Waals surface area contributed by atoms with Crippen LogP contribution in [-0.2, 0) is 4.79 Å². The summed E-state index contributed by atoms with van der Waals surface area (Å²) in [5.41, 5.74) is 3.07. The van der Waals surface area contributed by atoms with Crippen molar-refractivity contribution in [3.8, 4) is 22.8 Å². The number of carbonyl (C=O) groups is 1. The second kappa shape index (κ2) is 8.85. The third-order valence-electron chi connectivity index (χ3n) is 5.61. The monoisotopic (exact) mass is 496 g/mol. The Kier molecular flexibility index (Phi) is 5.78. The first-order valence-electron chi connectivity index (χ1n) is 10.2. The van der Waals surface area contributed by atoms with Crippen molar-refractivity contribution in [1.29, 1.82) is 0 Å². The van der Waals surface area contributed by atoms with E-state index in [0.717, 1.165) is 63.7 Å². The van der Waals surface area contributed by atoms with Gasteiger partial charge < -0.3 is 14.4 Å². The van der Waals surface area contributed by atoms with Crippen LogP contribution in [0.3, 0.4) is 0 Å². The van der Waals surface area contributed by atoms with E-state index in [1.807, 2.05) is 41.3 Å². The molecule has 1 fully saturated rings.